The van der Waals surface area contributed by atoms with Crippen LogP contribution in [0.5, 0.6) is 5.75 Å². The maximum Gasteiger partial charge on any atom is 0.346 e. The number of hydrogen-bond acceptors (Lipinski definition) is 3. The molecule has 5 heteroatoms. The molecule has 0 spiro atoms. The summed E-state index contributed by atoms with van der Waals surface area (Å²) in [6, 6.07) is 9.62. The van der Waals surface area contributed by atoms with Crippen molar-refractivity contribution in [2.45, 2.75) is 38.5 Å². The quantitative estimate of drug-likeness (QED) is 0.548. The third-order valence-electron chi connectivity index (χ3n) is 4.84. The first-order chi connectivity index (χ1) is 12.6. The molecular formula is C21H19F2NO2. The van der Waals surface area contributed by atoms with Crippen molar-refractivity contribution in [3.8, 4) is 11.8 Å². The molecular weight excluding hydrogens is 336 g/mol. The standard InChI is InChI=1S/C21H19F2NO2/c22-19-12-17(9-8-16(19)13-24)26-21(25)18-10-7-15(11-20(18)23)6-5-14-3-1-2-4-14/h7-12,14H,1-6H2. The lowest BCUT2D eigenvalue weighted by atomic mass is 9.97. The molecule has 1 saturated carbocycles. The van der Waals surface area contributed by atoms with Crippen LogP contribution in [0.15, 0.2) is 36.4 Å². The van der Waals surface area contributed by atoms with Crippen LogP contribution in [-0.2, 0) is 6.42 Å². The third kappa shape index (κ3) is 4.26. The van der Waals surface area contributed by atoms with Crippen molar-refractivity contribution in [1.82, 2.24) is 0 Å². The number of benzene rings is 2. The normalized spacial score (nSPS) is 14.2. The van der Waals surface area contributed by atoms with E-state index in [2.05, 4.69) is 0 Å². The fourth-order valence-electron chi connectivity index (χ4n) is 3.36. The van der Waals surface area contributed by atoms with Crippen LogP contribution < -0.4 is 4.74 Å². The Labute approximate surface area is 151 Å². The summed E-state index contributed by atoms with van der Waals surface area (Å²) in [5.74, 6) is -1.69. The van der Waals surface area contributed by atoms with Crippen molar-refractivity contribution in [3.05, 3.63) is 64.7 Å². The summed E-state index contributed by atoms with van der Waals surface area (Å²) in [6.45, 7) is 0. The number of hydrogen-bond donors (Lipinski definition) is 0. The largest absolute Gasteiger partial charge is 0.423 e. The number of carbonyl (C=O) groups excluding carboxylic acids is 1. The second kappa shape index (κ2) is 8.09. The van der Waals surface area contributed by atoms with Crippen LogP contribution in [0.4, 0.5) is 8.78 Å². The molecule has 26 heavy (non-hydrogen) atoms. The minimum Gasteiger partial charge on any atom is -0.423 e. The number of ether oxygens (including phenoxy) is 1. The summed E-state index contributed by atoms with van der Waals surface area (Å²) in [6.07, 6.45) is 6.87. The highest BCUT2D eigenvalue weighted by Gasteiger charge is 2.17. The fraction of sp³-hybridized carbons (Fsp3) is 0.333. The Hall–Kier alpha value is -2.74. The molecule has 134 valence electrons. The molecule has 0 amide bonds. The monoisotopic (exact) mass is 355 g/mol. The van der Waals surface area contributed by atoms with E-state index in [0.717, 1.165) is 24.5 Å². The summed E-state index contributed by atoms with van der Waals surface area (Å²) in [7, 11) is 0. The van der Waals surface area contributed by atoms with Gasteiger partial charge in [-0.15, -0.1) is 0 Å². The maximum atomic E-state index is 14.3. The van der Waals surface area contributed by atoms with Gasteiger partial charge in [-0.3, -0.25) is 0 Å². The number of halogens is 2. The molecule has 2 aromatic rings. The van der Waals surface area contributed by atoms with Gasteiger partial charge in [-0.1, -0.05) is 31.7 Å². The van der Waals surface area contributed by atoms with Gasteiger partial charge >= 0.3 is 5.97 Å². The number of nitrogens with zero attached hydrogens (tertiary/aromatic N) is 1. The van der Waals surface area contributed by atoms with Crippen molar-refractivity contribution >= 4 is 5.97 Å². The van der Waals surface area contributed by atoms with Crippen LogP contribution in [-0.4, -0.2) is 5.97 Å². The predicted octanol–water partition coefficient (Wildman–Crippen LogP) is 5.18. The Morgan fingerprint density at radius 2 is 1.88 bits per heavy atom. The highest BCUT2D eigenvalue weighted by atomic mass is 19.1. The molecule has 0 bridgehead atoms. The third-order valence-corrected chi connectivity index (χ3v) is 4.84. The van der Waals surface area contributed by atoms with Gasteiger partial charge in [-0.25, -0.2) is 13.6 Å². The number of carbonyl (C=O) groups is 1. The van der Waals surface area contributed by atoms with E-state index in [1.807, 2.05) is 0 Å². The Morgan fingerprint density at radius 3 is 2.54 bits per heavy atom. The zero-order chi connectivity index (χ0) is 18.5. The van der Waals surface area contributed by atoms with Crippen LogP contribution in [0.25, 0.3) is 0 Å². The van der Waals surface area contributed by atoms with E-state index >= 15 is 0 Å². The van der Waals surface area contributed by atoms with Gasteiger partial charge in [0.25, 0.3) is 0 Å². The fourth-order valence-corrected chi connectivity index (χ4v) is 3.36. The Morgan fingerprint density at radius 1 is 1.12 bits per heavy atom. The lowest BCUT2D eigenvalue weighted by molar-refractivity contribution is 0.0729. The van der Waals surface area contributed by atoms with Gasteiger partial charge in [0.05, 0.1) is 11.1 Å². The van der Waals surface area contributed by atoms with E-state index in [1.54, 1.807) is 12.1 Å². The molecule has 3 nitrogen and oxygen atoms in total. The molecule has 0 aromatic heterocycles. The zero-order valence-corrected chi connectivity index (χ0v) is 14.3. The Bertz CT molecular complexity index is 852. The number of aryl methyl sites for hydroxylation is 1. The second-order valence-corrected chi connectivity index (χ2v) is 6.65. The summed E-state index contributed by atoms with van der Waals surface area (Å²) in [5, 5.41) is 8.70. The molecule has 0 radical (unpaired) electrons. The van der Waals surface area contributed by atoms with Gasteiger partial charge < -0.3 is 4.74 Å². The number of nitriles is 1. The van der Waals surface area contributed by atoms with E-state index in [0.29, 0.717) is 5.92 Å². The van der Waals surface area contributed by atoms with Crippen molar-refractivity contribution < 1.29 is 18.3 Å². The van der Waals surface area contributed by atoms with Gasteiger partial charge in [0.15, 0.2) is 0 Å². The maximum absolute atomic E-state index is 14.3. The van der Waals surface area contributed by atoms with Crippen molar-refractivity contribution in [2.75, 3.05) is 0 Å². The molecule has 0 unspecified atom stereocenters. The summed E-state index contributed by atoms with van der Waals surface area (Å²) < 4.78 is 32.9. The minimum absolute atomic E-state index is 0.0730. The zero-order valence-electron chi connectivity index (χ0n) is 14.3. The lowest BCUT2D eigenvalue weighted by Gasteiger charge is -2.10. The van der Waals surface area contributed by atoms with Crippen LogP contribution in [0.2, 0.25) is 0 Å². The topological polar surface area (TPSA) is 50.1 Å². The summed E-state index contributed by atoms with van der Waals surface area (Å²) >= 11 is 0. The molecule has 1 aliphatic carbocycles. The van der Waals surface area contributed by atoms with Crippen LogP contribution in [0.1, 0.15) is 53.6 Å². The van der Waals surface area contributed by atoms with Gasteiger partial charge in [-0.2, -0.15) is 5.26 Å². The molecule has 3 rings (SSSR count). The first-order valence-electron chi connectivity index (χ1n) is 8.77. The van der Waals surface area contributed by atoms with Crippen LogP contribution in [0.3, 0.4) is 0 Å². The molecule has 0 N–H and O–H groups in total. The average molecular weight is 355 g/mol. The smallest absolute Gasteiger partial charge is 0.346 e. The second-order valence-electron chi connectivity index (χ2n) is 6.65. The molecule has 2 aromatic carbocycles. The van der Waals surface area contributed by atoms with Crippen molar-refractivity contribution in [1.29, 1.82) is 5.26 Å². The Balaban J connectivity index is 1.65. The molecule has 1 aliphatic rings. The highest BCUT2D eigenvalue weighted by Crippen LogP contribution is 2.29. The molecule has 0 aliphatic heterocycles. The van der Waals surface area contributed by atoms with Crippen LogP contribution >= 0.6 is 0 Å². The molecule has 1 fully saturated rings. The van der Waals surface area contributed by atoms with E-state index in [-0.39, 0.29) is 16.9 Å². The lowest BCUT2D eigenvalue weighted by Crippen LogP contribution is -2.11. The molecule has 0 heterocycles. The van der Waals surface area contributed by atoms with E-state index in [4.69, 9.17) is 10.00 Å². The number of esters is 1. The number of rotatable bonds is 5. The van der Waals surface area contributed by atoms with Crippen LogP contribution in [0, 0.1) is 28.9 Å². The Kier molecular flexibility index (Phi) is 5.62. The first kappa shape index (κ1) is 18.1. The molecule has 0 atom stereocenters. The van der Waals surface area contributed by atoms with Crippen molar-refractivity contribution in [3.63, 3.8) is 0 Å². The van der Waals surface area contributed by atoms with Gasteiger partial charge in [0.1, 0.15) is 23.5 Å². The van der Waals surface area contributed by atoms with Crippen molar-refractivity contribution in [2.24, 2.45) is 5.92 Å². The van der Waals surface area contributed by atoms with Gasteiger partial charge in [0.2, 0.25) is 0 Å². The first-order valence-corrected chi connectivity index (χ1v) is 8.77. The van der Waals surface area contributed by atoms with Gasteiger partial charge in [-0.05, 0) is 48.6 Å². The van der Waals surface area contributed by atoms with E-state index in [9.17, 15) is 13.6 Å². The SMILES string of the molecule is N#Cc1ccc(OC(=O)c2ccc(CCC3CCCC3)cc2F)cc1F. The van der Waals surface area contributed by atoms with E-state index < -0.39 is 17.6 Å². The predicted molar refractivity (Wildman–Crippen MR) is 92.8 cm³/mol. The average Bonchev–Trinajstić information content (AvgIpc) is 3.13. The molecule has 0 saturated heterocycles. The van der Waals surface area contributed by atoms with Gasteiger partial charge in [0, 0.05) is 6.07 Å². The highest BCUT2D eigenvalue weighted by molar-refractivity contribution is 5.91. The minimum atomic E-state index is -0.894. The summed E-state index contributed by atoms with van der Waals surface area (Å²) in [4.78, 5) is 12.1. The summed E-state index contributed by atoms with van der Waals surface area (Å²) in [5.41, 5.74) is 0.511. The van der Waals surface area contributed by atoms with E-state index in [1.165, 1.54) is 49.9 Å².